The van der Waals surface area contributed by atoms with Crippen LogP contribution in [0, 0.1) is 5.92 Å². The van der Waals surface area contributed by atoms with Crippen LogP contribution in [0.2, 0.25) is 0 Å². The number of carbonyl (C=O) groups is 1. The Hall–Kier alpha value is -1.75. The molecule has 1 unspecified atom stereocenters. The normalized spacial score (nSPS) is 12.3. The Morgan fingerprint density at radius 1 is 1.50 bits per heavy atom. The molecule has 0 saturated heterocycles. The largest absolute Gasteiger partial charge is 0.507 e. The van der Waals surface area contributed by atoms with Gasteiger partial charge in [-0.2, -0.15) is 0 Å². The van der Waals surface area contributed by atoms with E-state index in [2.05, 4.69) is 5.32 Å². The fraction of sp³-hybridized carbons (Fsp3) is 0.462. The number of rotatable bonds is 5. The summed E-state index contributed by atoms with van der Waals surface area (Å²) in [6, 6.07) is 4.40. The van der Waals surface area contributed by atoms with Crippen LogP contribution in [0.4, 0.5) is 0 Å². The third kappa shape index (κ3) is 3.63. The highest BCUT2D eigenvalue weighted by Gasteiger charge is 2.17. The quantitative estimate of drug-likeness (QED) is 0.730. The molecule has 0 radical (unpaired) electrons. The fourth-order valence-electron chi connectivity index (χ4n) is 1.42. The summed E-state index contributed by atoms with van der Waals surface area (Å²) < 4.78 is 4.98. The van der Waals surface area contributed by atoms with Crippen molar-refractivity contribution in [3.8, 4) is 11.5 Å². The van der Waals surface area contributed by atoms with E-state index in [4.69, 9.17) is 10.5 Å². The number of aromatic hydroxyl groups is 1. The number of ether oxygens (including phenoxy) is 1. The van der Waals surface area contributed by atoms with Crippen molar-refractivity contribution in [3.05, 3.63) is 23.8 Å². The lowest BCUT2D eigenvalue weighted by Crippen LogP contribution is -2.43. The highest BCUT2D eigenvalue weighted by Crippen LogP contribution is 2.23. The molecule has 0 aliphatic carbocycles. The van der Waals surface area contributed by atoms with E-state index in [0.717, 1.165) is 0 Å². The van der Waals surface area contributed by atoms with E-state index in [9.17, 15) is 9.90 Å². The maximum Gasteiger partial charge on any atom is 0.237 e. The minimum Gasteiger partial charge on any atom is -0.507 e. The second-order valence-corrected chi connectivity index (χ2v) is 4.48. The summed E-state index contributed by atoms with van der Waals surface area (Å²) in [5.41, 5.74) is 6.34. The molecule has 18 heavy (non-hydrogen) atoms. The first-order valence-corrected chi connectivity index (χ1v) is 5.85. The molecule has 0 saturated carbocycles. The molecule has 1 aromatic rings. The Balaban J connectivity index is 2.61. The van der Waals surface area contributed by atoms with Gasteiger partial charge in [0.05, 0.1) is 13.2 Å². The van der Waals surface area contributed by atoms with Gasteiger partial charge in [0.1, 0.15) is 11.5 Å². The number of carbonyl (C=O) groups excluding carboxylic acids is 1. The second kappa shape index (κ2) is 6.26. The van der Waals surface area contributed by atoms with Crippen LogP contribution in [0.15, 0.2) is 18.2 Å². The predicted octanol–water partition coefficient (Wildman–Crippen LogP) is 1.00. The lowest BCUT2D eigenvalue weighted by Gasteiger charge is -2.15. The van der Waals surface area contributed by atoms with Gasteiger partial charge in [0.15, 0.2) is 0 Å². The van der Waals surface area contributed by atoms with E-state index in [1.165, 1.54) is 13.2 Å². The zero-order valence-electron chi connectivity index (χ0n) is 10.9. The van der Waals surface area contributed by atoms with Crippen molar-refractivity contribution in [2.24, 2.45) is 11.7 Å². The first-order chi connectivity index (χ1) is 8.45. The summed E-state index contributed by atoms with van der Waals surface area (Å²) in [5, 5.41) is 12.4. The molecule has 5 nitrogen and oxygen atoms in total. The van der Waals surface area contributed by atoms with Crippen molar-refractivity contribution < 1.29 is 14.6 Å². The lowest BCUT2D eigenvalue weighted by atomic mass is 10.0. The van der Waals surface area contributed by atoms with Gasteiger partial charge >= 0.3 is 0 Å². The Morgan fingerprint density at radius 3 is 2.67 bits per heavy atom. The number of hydrogen-bond acceptors (Lipinski definition) is 4. The molecule has 5 heteroatoms. The monoisotopic (exact) mass is 252 g/mol. The third-order valence-corrected chi connectivity index (χ3v) is 2.77. The highest BCUT2D eigenvalue weighted by atomic mass is 16.5. The minimum absolute atomic E-state index is 0.0782. The first-order valence-electron chi connectivity index (χ1n) is 5.85. The fourth-order valence-corrected chi connectivity index (χ4v) is 1.42. The molecule has 100 valence electrons. The maximum absolute atomic E-state index is 11.6. The number of phenolic OH excluding ortho intramolecular Hbond substituents is 1. The smallest absolute Gasteiger partial charge is 0.237 e. The number of methoxy groups -OCH3 is 1. The Kier molecular flexibility index (Phi) is 4.97. The maximum atomic E-state index is 11.6. The number of amides is 1. The van der Waals surface area contributed by atoms with Crippen LogP contribution in [0.3, 0.4) is 0 Å². The van der Waals surface area contributed by atoms with Crippen molar-refractivity contribution >= 4 is 5.91 Å². The predicted molar refractivity (Wildman–Crippen MR) is 69.3 cm³/mol. The molecule has 1 amide bonds. The van der Waals surface area contributed by atoms with Crippen LogP contribution in [-0.2, 0) is 11.3 Å². The molecular weight excluding hydrogens is 232 g/mol. The molecule has 0 aliphatic heterocycles. The number of hydrogen-bond donors (Lipinski definition) is 3. The van der Waals surface area contributed by atoms with Crippen molar-refractivity contribution in [2.75, 3.05) is 7.11 Å². The second-order valence-electron chi connectivity index (χ2n) is 4.48. The Morgan fingerprint density at radius 2 is 2.17 bits per heavy atom. The molecule has 0 fully saturated rings. The van der Waals surface area contributed by atoms with E-state index in [1.807, 2.05) is 13.8 Å². The van der Waals surface area contributed by atoms with Gasteiger partial charge < -0.3 is 20.9 Å². The number of benzene rings is 1. The van der Waals surface area contributed by atoms with Crippen LogP contribution in [0.5, 0.6) is 11.5 Å². The zero-order valence-corrected chi connectivity index (χ0v) is 10.9. The average molecular weight is 252 g/mol. The summed E-state index contributed by atoms with van der Waals surface area (Å²) in [5.74, 6) is 0.518. The number of nitrogens with one attached hydrogen (secondary N) is 1. The van der Waals surface area contributed by atoms with E-state index >= 15 is 0 Å². The van der Waals surface area contributed by atoms with Crippen molar-refractivity contribution in [3.63, 3.8) is 0 Å². The summed E-state index contributed by atoms with van der Waals surface area (Å²) >= 11 is 0. The van der Waals surface area contributed by atoms with Crippen molar-refractivity contribution in [1.82, 2.24) is 5.32 Å². The first kappa shape index (κ1) is 14.3. The zero-order chi connectivity index (χ0) is 13.7. The molecule has 1 aromatic carbocycles. The number of phenols is 1. The Bertz CT molecular complexity index is 419. The topological polar surface area (TPSA) is 84.6 Å². The number of nitrogens with two attached hydrogens (primary N) is 1. The summed E-state index contributed by atoms with van der Waals surface area (Å²) in [6.45, 7) is 4.01. The van der Waals surface area contributed by atoms with Crippen LogP contribution in [-0.4, -0.2) is 24.2 Å². The summed E-state index contributed by atoms with van der Waals surface area (Å²) in [7, 11) is 1.53. The molecular formula is C13H20N2O3. The van der Waals surface area contributed by atoms with Gasteiger partial charge in [-0.1, -0.05) is 13.8 Å². The third-order valence-electron chi connectivity index (χ3n) is 2.77. The van der Waals surface area contributed by atoms with Gasteiger partial charge in [-0.15, -0.1) is 0 Å². The van der Waals surface area contributed by atoms with E-state index in [-0.39, 0.29) is 24.1 Å². The van der Waals surface area contributed by atoms with Gasteiger partial charge in [0.2, 0.25) is 5.91 Å². The Labute approximate surface area is 107 Å². The molecule has 0 bridgehead atoms. The van der Waals surface area contributed by atoms with Gasteiger partial charge in [0, 0.05) is 18.2 Å². The van der Waals surface area contributed by atoms with Crippen LogP contribution >= 0.6 is 0 Å². The molecule has 0 heterocycles. The summed E-state index contributed by atoms with van der Waals surface area (Å²) in [6.07, 6.45) is 0. The summed E-state index contributed by atoms with van der Waals surface area (Å²) in [4.78, 5) is 11.6. The minimum atomic E-state index is -0.537. The van der Waals surface area contributed by atoms with E-state index < -0.39 is 6.04 Å². The molecule has 1 atom stereocenters. The van der Waals surface area contributed by atoms with Crippen LogP contribution < -0.4 is 15.8 Å². The highest BCUT2D eigenvalue weighted by molar-refractivity contribution is 5.81. The molecule has 1 rings (SSSR count). The van der Waals surface area contributed by atoms with Gasteiger partial charge in [-0.25, -0.2) is 0 Å². The molecule has 0 spiro atoms. The lowest BCUT2D eigenvalue weighted by molar-refractivity contribution is -0.123. The van der Waals surface area contributed by atoms with E-state index in [0.29, 0.717) is 11.3 Å². The van der Waals surface area contributed by atoms with Crippen molar-refractivity contribution in [1.29, 1.82) is 0 Å². The standard InChI is InChI=1S/C13H20N2O3/c1-8(2)12(14)13(17)15-7-9-4-5-10(18-3)6-11(9)16/h4-6,8,12,16H,7,14H2,1-3H3,(H,15,17). The molecule has 0 aromatic heterocycles. The van der Waals surface area contributed by atoms with Crippen molar-refractivity contribution in [2.45, 2.75) is 26.4 Å². The van der Waals surface area contributed by atoms with Crippen LogP contribution in [0.25, 0.3) is 0 Å². The van der Waals surface area contributed by atoms with Gasteiger partial charge in [-0.05, 0) is 18.1 Å². The van der Waals surface area contributed by atoms with Gasteiger partial charge in [0.25, 0.3) is 0 Å². The average Bonchev–Trinajstić information content (AvgIpc) is 2.35. The van der Waals surface area contributed by atoms with E-state index in [1.54, 1.807) is 12.1 Å². The molecule has 0 aliphatic rings. The SMILES string of the molecule is COc1ccc(CNC(=O)C(N)C(C)C)c(O)c1. The van der Waals surface area contributed by atoms with Crippen LogP contribution in [0.1, 0.15) is 19.4 Å². The van der Waals surface area contributed by atoms with Gasteiger partial charge in [-0.3, -0.25) is 4.79 Å². The molecule has 4 N–H and O–H groups in total.